The van der Waals surface area contributed by atoms with Gasteiger partial charge in [0.25, 0.3) is 0 Å². The molecule has 0 amide bonds. The first kappa shape index (κ1) is 21.4. The van der Waals surface area contributed by atoms with E-state index < -0.39 is 8.80 Å². The van der Waals surface area contributed by atoms with E-state index in [1.54, 1.807) is 0 Å². The molecule has 5 heteroatoms. The highest BCUT2D eigenvalue weighted by Crippen LogP contribution is 2.25. The van der Waals surface area contributed by atoms with Crippen LogP contribution in [0.4, 0.5) is 0 Å². The minimum atomic E-state index is -2.67. The molecule has 0 heterocycles. The highest BCUT2D eigenvalue weighted by Gasteiger charge is 2.47. The van der Waals surface area contributed by atoms with Crippen molar-refractivity contribution in [2.75, 3.05) is 19.8 Å². The highest BCUT2D eigenvalue weighted by atomic mass is 32.1. The molecule has 0 fully saturated rings. The number of hydrogen-bond acceptors (Lipinski definition) is 4. The fraction of sp³-hybridized carbons (Fsp3) is 1.00. The summed E-state index contributed by atoms with van der Waals surface area (Å²) in [5.41, 5.74) is 0. The standard InChI is InChI=1S/C16H36O3SSi/c1-5-9-13-17-21(16(20)12-8-4,18-14-10-6-2)19-15-11-7-3/h16,20H,5-15H2,1-4H3. The van der Waals surface area contributed by atoms with Crippen LogP contribution < -0.4 is 0 Å². The Morgan fingerprint density at radius 2 is 1.10 bits per heavy atom. The van der Waals surface area contributed by atoms with Crippen molar-refractivity contribution in [3.05, 3.63) is 0 Å². The average molecular weight is 337 g/mol. The predicted octanol–water partition coefficient (Wildman–Crippen LogP) is 5.01. The van der Waals surface area contributed by atoms with Crippen LogP contribution in [-0.4, -0.2) is 33.5 Å². The van der Waals surface area contributed by atoms with Crippen molar-refractivity contribution in [2.45, 2.75) is 83.9 Å². The number of unbranched alkanes of at least 4 members (excludes halogenated alkanes) is 3. The van der Waals surface area contributed by atoms with E-state index in [4.69, 9.17) is 25.9 Å². The molecule has 0 aliphatic heterocycles. The summed E-state index contributed by atoms with van der Waals surface area (Å²) in [4.78, 5) is 0.0908. The molecular formula is C16H36O3SSi. The summed E-state index contributed by atoms with van der Waals surface area (Å²) in [6.07, 6.45) is 8.59. The number of thiol groups is 1. The fourth-order valence-corrected chi connectivity index (χ4v) is 5.63. The Hall–Kier alpha value is 0.447. The van der Waals surface area contributed by atoms with Gasteiger partial charge in [-0.25, -0.2) is 0 Å². The molecule has 0 spiro atoms. The van der Waals surface area contributed by atoms with Crippen molar-refractivity contribution < 1.29 is 13.3 Å². The van der Waals surface area contributed by atoms with E-state index in [0.717, 1.165) is 71.2 Å². The lowest BCUT2D eigenvalue weighted by atomic mass is 10.4. The molecule has 0 rings (SSSR count). The van der Waals surface area contributed by atoms with Gasteiger partial charge in [-0.2, -0.15) is 12.6 Å². The monoisotopic (exact) mass is 336 g/mol. The van der Waals surface area contributed by atoms with Crippen LogP contribution in [0.1, 0.15) is 79.1 Å². The van der Waals surface area contributed by atoms with Gasteiger partial charge in [0.05, 0.1) is 4.87 Å². The molecule has 3 nitrogen and oxygen atoms in total. The molecule has 0 bridgehead atoms. The van der Waals surface area contributed by atoms with Gasteiger partial charge in [-0.3, -0.25) is 0 Å². The van der Waals surface area contributed by atoms with E-state index in [-0.39, 0.29) is 4.87 Å². The second-order valence-electron chi connectivity index (χ2n) is 5.51. The zero-order valence-electron chi connectivity index (χ0n) is 14.5. The van der Waals surface area contributed by atoms with Crippen LogP contribution in [0.5, 0.6) is 0 Å². The molecule has 0 saturated carbocycles. The van der Waals surface area contributed by atoms with E-state index in [1.807, 2.05) is 0 Å². The van der Waals surface area contributed by atoms with Gasteiger partial charge in [-0.1, -0.05) is 53.4 Å². The quantitative estimate of drug-likeness (QED) is 0.259. The number of rotatable bonds is 15. The lowest BCUT2D eigenvalue weighted by Gasteiger charge is -2.34. The topological polar surface area (TPSA) is 27.7 Å². The van der Waals surface area contributed by atoms with Gasteiger partial charge in [0, 0.05) is 19.8 Å². The SMILES string of the molecule is CCCCO[Si](OCCCC)(OCCCC)C(S)CCC. The molecule has 0 N–H and O–H groups in total. The fourth-order valence-electron chi connectivity index (χ4n) is 1.94. The molecule has 128 valence electrons. The third kappa shape index (κ3) is 9.24. The first-order valence-electron chi connectivity index (χ1n) is 8.76. The average Bonchev–Trinajstić information content (AvgIpc) is 2.47. The van der Waals surface area contributed by atoms with E-state index in [9.17, 15) is 0 Å². The summed E-state index contributed by atoms with van der Waals surface area (Å²) >= 11 is 4.78. The van der Waals surface area contributed by atoms with Crippen LogP contribution in [0.3, 0.4) is 0 Å². The predicted molar refractivity (Wildman–Crippen MR) is 96.0 cm³/mol. The van der Waals surface area contributed by atoms with Gasteiger partial charge >= 0.3 is 8.80 Å². The summed E-state index contributed by atoms with van der Waals surface area (Å²) in [5.74, 6) is 0. The van der Waals surface area contributed by atoms with Gasteiger partial charge in [-0.15, -0.1) is 0 Å². The van der Waals surface area contributed by atoms with E-state index >= 15 is 0 Å². The molecule has 0 aromatic heterocycles. The molecule has 0 radical (unpaired) electrons. The molecule has 1 atom stereocenters. The van der Waals surface area contributed by atoms with E-state index in [2.05, 4.69) is 27.7 Å². The maximum atomic E-state index is 6.20. The Kier molecular flexibility index (Phi) is 14.4. The van der Waals surface area contributed by atoms with E-state index in [1.165, 1.54) is 0 Å². The molecule has 0 aliphatic rings. The van der Waals surface area contributed by atoms with Crippen molar-refractivity contribution in [1.82, 2.24) is 0 Å². The smallest absolute Gasteiger partial charge is 0.373 e. The van der Waals surface area contributed by atoms with Crippen LogP contribution in [-0.2, 0) is 13.3 Å². The minimum absolute atomic E-state index is 0.0908. The summed E-state index contributed by atoms with van der Waals surface area (Å²) in [7, 11) is -2.67. The van der Waals surface area contributed by atoms with Crippen molar-refractivity contribution in [3.8, 4) is 0 Å². The Balaban J connectivity index is 4.77. The molecular weight excluding hydrogens is 300 g/mol. The van der Waals surface area contributed by atoms with E-state index in [0.29, 0.717) is 0 Å². The Morgan fingerprint density at radius 3 is 1.38 bits per heavy atom. The summed E-state index contributed by atoms with van der Waals surface area (Å²) in [5, 5.41) is 0. The summed E-state index contributed by atoms with van der Waals surface area (Å²) in [6, 6.07) is 0. The first-order chi connectivity index (χ1) is 10.2. The molecule has 0 aliphatic carbocycles. The molecule has 0 saturated heterocycles. The largest absolute Gasteiger partial charge is 0.514 e. The Bertz CT molecular complexity index is 203. The lowest BCUT2D eigenvalue weighted by molar-refractivity contribution is 0.0541. The van der Waals surface area contributed by atoms with Crippen molar-refractivity contribution >= 4 is 21.4 Å². The third-order valence-electron chi connectivity index (χ3n) is 3.37. The second-order valence-corrected chi connectivity index (χ2v) is 9.39. The molecule has 0 aromatic rings. The zero-order chi connectivity index (χ0) is 16.0. The normalized spacial score (nSPS) is 13.6. The van der Waals surface area contributed by atoms with Crippen molar-refractivity contribution in [2.24, 2.45) is 0 Å². The lowest BCUT2D eigenvalue weighted by Crippen LogP contribution is -2.55. The minimum Gasteiger partial charge on any atom is -0.373 e. The van der Waals surface area contributed by atoms with Crippen LogP contribution in [0.15, 0.2) is 0 Å². The Morgan fingerprint density at radius 1 is 0.714 bits per heavy atom. The number of hydrogen-bond donors (Lipinski definition) is 1. The summed E-state index contributed by atoms with van der Waals surface area (Å²) < 4.78 is 18.6. The zero-order valence-corrected chi connectivity index (χ0v) is 16.4. The second kappa shape index (κ2) is 14.1. The van der Waals surface area contributed by atoms with Gasteiger partial charge < -0.3 is 13.3 Å². The van der Waals surface area contributed by atoms with Gasteiger partial charge in [0.1, 0.15) is 0 Å². The van der Waals surface area contributed by atoms with Crippen LogP contribution in [0.2, 0.25) is 0 Å². The maximum absolute atomic E-state index is 6.20. The maximum Gasteiger partial charge on any atom is 0.514 e. The molecule has 0 aromatic carbocycles. The van der Waals surface area contributed by atoms with Gasteiger partial charge in [0.2, 0.25) is 0 Å². The molecule has 1 unspecified atom stereocenters. The van der Waals surface area contributed by atoms with Crippen LogP contribution in [0, 0.1) is 0 Å². The first-order valence-corrected chi connectivity index (χ1v) is 11.1. The van der Waals surface area contributed by atoms with Gasteiger partial charge in [-0.05, 0) is 25.7 Å². The Labute approximate surface area is 138 Å². The van der Waals surface area contributed by atoms with Crippen LogP contribution in [0.25, 0.3) is 0 Å². The van der Waals surface area contributed by atoms with Crippen molar-refractivity contribution in [3.63, 3.8) is 0 Å². The third-order valence-corrected chi connectivity index (χ3v) is 7.50. The van der Waals surface area contributed by atoms with Crippen molar-refractivity contribution in [1.29, 1.82) is 0 Å². The molecule has 21 heavy (non-hydrogen) atoms. The van der Waals surface area contributed by atoms with Crippen LogP contribution >= 0.6 is 12.6 Å². The highest BCUT2D eigenvalue weighted by molar-refractivity contribution is 7.83. The van der Waals surface area contributed by atoms with Gasteiger partial charge in [0.15, 0.2) is 0 Å². The summed E-state index contributed by atoms with van der Waals surface area (Å²) in [6.45, 7) is 10.9.